The van der Waals surface area contributed by atoms with Crippen LogP contribution in [0.25, 0.3) is 0 Å². The van der Waals surface area contributed by atoms with Crippen molar-refractivity contribution in [2.75, 3.05) is 26.4 Å². The van der Waals surface area contributed by atoms with Gasteiger partial charge in [0.25, 0.3) is 0 Å². The van der Waals surface area contributed by atoms with Gasteiger partial charge in [0.15, 0.2) is 0 Å². The Balaban J connectivity index is 2.06. The third-order valence-electron chi connectivity index (χ3n) is 3.53. The minimum absolute atomic E-state index is 0.110. The quantitative estimate of drug-likeness (QED) is 0.722. The molecule has 0 spiro atoms. The maximum Gasteiger partial charge on any atom is 0.223 e. The van der Waals surface area contributed by atoms with Gasteiger partial charge >= 0.3 is 0 Å². The third-order valence-corrected chi connectivity index (χ3v) is 3.53. The highest BCUT2D eigenvalue weighted by atomic mass is 16.5. The Kier molecular flexibility index (Phi) is 2.98. The van der Waals surface area contributed by atoms with Crippen LogP contribution in [0, 0.1) is 5.92 Å². The second kappa shape index (κ2) is 4.10. The van der Waals surface area contributed by atoms with Crippen LogP contribution in [-0.4, -0.2) is 47.8 Å². The third kappa shape index (κ3) is 2.01. The van der Waals surface area contributed by atoms with Crippen LogP contribution in [0.5, 0.6) is 0 Å². The van der Waals surface area contributed by atoms with E-state index in [2.05, 4.69) is 6.92 Å². The van der Waals surface area contributed by atoms with E-state index in [0.717, 1.165) is 19.4 Å². The number of likely N-dealkylation sites (tertiary alicyclic amines) is 1. The van der Waals surface area contributed by atoms with Crippen molar-refractivity contribution in [1.82, 2.24) is 4.90 Å². The van der Waals surface area contributed by atoms with Crippen LogP contribution in [0.2, 0.25) is 0 Å². The van der Waals surface area contributed by atoms with Crippen molar-refractivity contribution in [3.63, 3.8) is 0 Å². The van der Waals surface area contributed by atoms with Crippen LogP contribution in [0.15, 0.2) is 0 Å². The zero-order valence-electron chi connectivity index (χ0n) is 9.24. The van der Waals surface area contributed by atoms with Gasteiger partial charge in [-0.3, -0.25) is 4.79 Å². The molecule has 0 aromatic carbocycles. The van der Waals surface area contributed by atoms with E-state index in [4.69, 9.17) is 9.84 Å². The minimum atomic E-state index is -0.140. The van der Waals surface area contributed by atoms with Gasteiger partial charge in [-0.25, -0.2) is 0 Å². The Bertz CT molecular complexity index is 248. The highest BCUT2D eigenvalue weighted by molar-refractivity contribution is 5.79. The summed E-state index contributed by atoms with van der Waals surface area (Å²) in [6.07, 6.45) is 2.52. The number of aliphatic hydroxyl groups is 1. The van der Waals surface area contributed by atoms with Gasteiger partial charge in [0, 0.05) is 32.1 Å². The topological polar surface area (TPSA) is 49.8 Å². The molecule has 0 aromatic rings. The molecule has 2 fully saturated rings. The first kappa shape index (κ1) is 10.9. The van der Waals surface area contributed by atoms with Gasteiger partial charge < -0.3 is 14.7 Å². The lowest BCUT2D eigenvalue weighted by atomic mass is 9.93. The number of hydrogen-bond donors (Lipinski definition) is 1. The Morgan fingerprint density at radius 1 is 1.67 bits per heavy atom. The van der Waals surface area contributed by atoms with E-state index in [0.29, 0.717) is 19.6 Å². The van der Waals surface area contributed by atoms with Crippen LogP contribution < -0.4 is 0 Å². The van der Waals surface area contributed by atoms with Crippen LogP contribution in [0.1, 0.15) is 26.2 Å². The molecule has 86 valence electrons. The van der Waals surface area contributed by atoms with E-state index in [9.17, 15) is 4.79 Å². The Hall–Kier alpha value is -0.610. The Morgan fingerprint density at radius 2 is 2.47 bits per heavy atom. The van der Waals surface area contributed by atoms with Gasteiger partial charge in [-0.15, -0.1) is 0 Å². The first-order chi connectivity index (χ1) is 7.15. The summed E-state index contributed by atoms with van der Waals surface area (Å²) in [5.74, 6) is 0.290. The number of aliphatic hydroxyl groups excluding tert-OH is 1. The fourth-order valence-electron chi connectivity index (χ4n) is 2.56. The lowest BCUT2D eigenvalue weighted by Crippen LogP contribution is -2.52. The van der Waals surface area contributed by atoms with Gasteiger partial charge in [-0.05, 0) is 19.8 Å². The number of hydrogen-bond acceptors (Lipinski definition) is 3. The van der Waals surface area contributed by atoms with E-state index in [1.807, 2.05) is 4.90 Å². The van der Waals surface area contributed by atoms with Crippen LogP contribution >= 0.6 is 0 Å². The maximum atomic E-state index is 11.8. The SMILES string of the molecule is CC1(N2CC(CO)CC2=O)CCCOC1. The summed E-state index contributed by atoms with van der Waals surface area (Å²) in [5, 5.41) is 9.07. The lowest BCUT2D eigenvalue weighted by Gasteiger charge is -2.41. The predicted molar refractivity (Wildman–Crippen MR) is 55.4 cm³/mol. The minimum Gasteiger partial charge on any atom is -0.396 e. The predicted octanol–water partition coefficient (Wildman–Crippen LogP) is 0.396. The number of ether oxygens (including phenoxy) is 1. The normalized spacial score (nSPS) is 37.3. The molecule has 2 unspecified atom stereocenters. The summed E-state index contributed by atoms with van der Waals surface area (Å²) >= 11 is 0. The monoisotopic (exact) mass is 213 g/mol. The fraction of sp³-hybridized carbons (Fsp3) is 0.909. The van der Waals surface area contributed by atoms with E-state index in [1.165, 1.54) is 0 Å². The smallest absolute Gasteiger partial charge is 0.223 e. The molecule has 1 N–H and O–H groups in total. The first-order valence-corrected chi connectivity index (χ1v) is 5.65. The molecule has 2 rings (SSSR count). The number of nitrogens with zero attached hydrogens (tertiary/aromatic N) is 1. The number of amides is 1. The molecule has 2 aliphatic rings. The standard InChI is InChI=1S/C11H19NO3/c1-11(3-2-4-15-8-11)12-6-9(7-13)5-10(12)14/h9,13H,2-8H2,1H3. The van der Waals surface area contributed by atoms with Crippen molar-refractivity contribution >= 4 is 5.91 Å². The fourth-order valence-corrected chi connectivity index (χ4v) is 2.56. The molecule has 1 amide bonds. The molecule has 4 heteroatoms. The number of carbonyl (C=O) groups is 1. The summed E-state index contributed by atoms with van der Waals surface area (Å²) in [6.45, 7) is 4.33. The highest BCUT2D eigenvalue weighted by Crippen LogP contribution is 2.31. The second-order valence-corrected chi connectivity index (χ2v) is 4.91. The molecule has 2 saturated heterocycles. The molecule has 0 aliphatic carbocycles. The van der Waals surface area contributed by atoms with E-state index in [1.54, 1.807) is 0 Å². The molecule has 0 aromatic heterocycles. The van der Waals surface area contributed by atoms with E-state index >= 15 is 0 Å². The molecule has 4 nitrogen and oxygen atoms in total. The highest BCUT2D eigenvalue weighted by Gasteiger charge is 2.42. The molecule has 15 heavy (non-hydrogen) atoms. The van der Waals surface area contributed by atoms with Crippen molar-refractivity contribution in [2.24, 2.45) is 5.92 Å². The number of rotatable bonds is 2. The molecular weight excluding hydrogens is 194 g/mol. The van der Waals surface area contributed by atoms with Crippen molar-refractivity contribution in [1.29, 1.82) is 0 Å². The van der Waals surface area contributed by atoms with Crippen LogP contribution in [0.4, 0.5) is 0 Å². The maximum absolute atomic E-state index is 11.8. The molecule has 2 atom stereocenters. The van der Waals surface area contributed by atoms with E-state index in [-0.39, 0.29) is 24.0 Å². The molecule has 0 bridgehead atoms. The van der Waals surface area contributed by atoms with Crippen LogP contribution in [-0.2, 0) is 9.53 Å². The summed E-state index contributed by atoms with van der Waals surface area (Å²) in [5.41, 5.74) is -0.140. The molecule has 2 aliphatic heterocycles. The van der Waals surface area contributed by atoms with Gasteiger partial charge in [0.2, 0.25) is 5.91 Å². The van der Waals surface area contributed by atoms with Crippen molar-refractivity contribution < 1.29 is 14.6 Å². The van der Waals surface area contributed by atoms with Gasteiger partial charge in [-0.2, -0.15) is 0 Å². The largest absolute Gasteiger partial charge is 0.396 e. The van der Waals surface area contributed by atoms with Gasteiger partial charge in [-0.1, -0.05) is 0 Å². The summed E-state index contributed by atoms with van der Waals surface area (Å²) in [7, 11) is 0. The molecule has 0 radical (unpaired) electrons. The van der Waals surface area contributed by atoms with Crippen LogP contribution in [0.3, 0.4) is 0 Å². The Labute approximate surface area is 90.2 Å². The van der Waals surface area contributed by atoms with Crippen molar-refractivity contribution in [3.8, 4) is 0 Å². The van der Waals surface area contributed by atoms with Crippen molar-refractivity contribution in [2.45, 2.75) is 31.7 Å². The zero-order valence-corrected chi connectivity index (χ0v) is 9.24. The molecule has 2 heterocycles. The van der Waals surface area contributed by atoms with Gasteiger partial charge in [0.1, 0.15) is 0 Å². The average Bonchev–Trinajstić information content (AvgIpc) is 2.61. The second-order valence-electron chi connectivity index (χ2n) is 4.91. The Morgan fingerprint density at radius 3 is 3.00 bits per heavy atom. The van der Waals surface area contributed by atoms with E-state index < -0.39 is 0 Å². The van der Waals surface area contributed by atoms with Crippen molar-refractivity contribution in [3.05, 3.63) is 0 Å². The summed E-state index contributed by atoms with van der Waals surface area (Å²) in [4.78, 5) is 13.7. The lowest BCUT2D eigenvalue weighted by molar-refractivity contribution is -0.137. The average molecular weight is 213 g/mol. The summed E-state index contributed by atoms with van der Waals surface area (Å²) < 4.78 is 5.46. The molecule has 0 saturated carbocycles. The zero-order chi connectivity index (χ0) is 10.9. The molecular formula is C11H19NO3. The number of carbonyl (C=O) groups excluding carboxylic acids is 1. The summed E-state index contributed by atoms with van der Waals surface area (Å²) in [6, 6.07) is 0. The van der Waals surface area contributed by atoms with Gasteiger partial charge in [0.05, 0.1) is 12.1 Å². The first-order valence-electron chi connectivity index (χ1n) is 5.65.